The average Bonchev–Trinajstić information content (AvgIpc) is 2.30. The van der Waals surface area contributed by atoms with Crippen molar-refractivity contribution in [3.8, 4) is 0 Å². The number of sulfonamides is 1. The van der Waals surface area contributed by atoms with Gasteiger partial charge in [-0.2, -0.15) is 4.31 Å². The third-order valence-electron chi connectivity index (χ3n) is 2.76. The van der Waals surface area contributed by atoms with Crippen LogP contribution in [0.2, 0.25) is 5.15 Å². The quantitative estimate of drug-likeness (QED) is 0.756. The van der Waals surface area contributed by atoms with Crippen molar-refractivity contribution in [3.63, 3.8) is 0 Å². The minimum absolute atomic E-state index is 0.209. The van der Waals surface area contributed by atoms with Gasteiger partial charge in [0.1, 0.15) is 10.0 Å². The zero-order valence-corrected chi connectivity index (χ0v) is 14.3. The second-order valence-electron chi connectivity index (χ2n) is 5.89. The zero-order chi connectivity index (χ0) is 15.5. The largest absolute Gasteiger partial charge is 0.244 e. The Morgan fingerprint density at radius 1 is 1.20 bits per heavy atom. The first-order chi connectivity index (χ1) is 9.14. The molecule has 6 heteroatoms. The molecule has 0 aliphatic carbocycles. The molecule has 0 aromatic carbocycles. The smallest absolute Gasteiger partial charge is 0.243 e. The molecule has 0 unspecified atom stereocenters. The van der Waals surface area contributed by atoms with Crippen molar-refractivity contribution in [2.45, 2.75) is 39.5 Å². The van der Waals surface area contributed by atoms with Gasteiger partial charge in [0, 0.05) is 19.3 Å². The van der Waals surface area contributed by atoms with Gasteiger partial charge >= 0.3 is 0 Å². The van der Waals surface area contributed by atoms with Crippen LogP contribution in [-0.4, -0.2) is 30.8 Å². The maximum atomic E-state index is 12.7. The molecule has 1 rings (SSSR count). The molecule has 114 valence electrons. The standard InChI is InChI=1S/C14H23ClN2O2S/c1-10(2)8-17(9-11(3)4)20(18,19)13-6-12(5)14(15)16-7-13/h6-7,10-11H,8-9H2,1-5H3. The van der Waals surface area contributed by atoms with Crippen molar-refractivity contribution in [1.29, 1.82) is 0 Å². The van der Waals surface area contributed by atoms with Gasteiger partial charge in [0.2, 0.25) is 10.0 Å². The van der Waals surface area contributed by atoms with Crippen LogP contribution in [0.5, 0.6) is 0 Å². The van der Waals surface area contributed by atoms with Crippen molar-refractivity contribution < 1.29 is 8.42 Å². The number of hydrogen-bond acceptors (Lipinski definition) is 3. The van der Waals surface area contributed by atoms with E-state index < -0.39 is 10.0 Å². The molecule has 4 nitrogen and oxygen atoms in total. The van der Waals surface area contributed by atoms with Crippen molar-refractivity contribution in [2.24, 2.45) is 11.8 Å². The van der Waals surface area contributed by atoms with Gasteiger partial charge in [0.25, 0.3) is 0 Å². The molecule has 0 saturated heterocycles. The number of aryl methyl sites for hydroxylation is 1. The minimum Gasteiger partial charge on any atom is -0.243 e. The first kappa shape index (κ1) is 17.4. The number of hydrogen-bond donors (Lipinski definition) is 0. The highest BCUT2D eigenvalue weighted by Crippen LogP contribution is 2.21. The Balaban J connectivity index is 3.17. The minimum atomic E-state index is -3.52. The van der Waals surface area contributed by atoms with Gasteiger partial charge in [-0.3, -0.25) is 0 Å². The van der Waals surface area contributed by atoms with Crippen LogP contribution >= 0.6 is 11.6 Å². The molecule has 0 saturated carbocycles. The summed E-state index contributed by atoms with van der Waals surface area (Å²) in [7, 11) is -3.52. The summed E-state index contributed by atoms with van der Waals surface area (Å²) in [6.45, 7) is 10.8. The molecule has 20 heavy (non-hydrogen) atoms. The summed E-state index contributed by atoms with van der Waals surface area (Å²) in [4.78, 5) is 4.15. The normalized spacial score (nSPS) is 12.7. The van der Waals surface area contributed by atoms with E-state index in [-0.39, 0.29) is 16.7 Å². The zero-order valence-electron chi connectivity index (χ0n) is 12.7. The van der Waals surface area contributed by atoms with E-state index in [2.05, 4.69) is 4.98 Å². The third kappa shape index (κ3) is 4.43. The van der Waals surface area contributed by atoms with E-state index in [1.54, 1.807) is 13.0 Å². The number of pyridine rings is 1. The van der Waals surface area contributed by atoms with Crippen LogP contribution in [-0.2, 0) is 10.0 Å². The summed E-state index contributed by atoms with van der Waals surface area (Å²) in [5.41, 5.74) is 0.668. The second-order valence-corrected chi connectivity index (χ2v) is 8.18. The maximum absolute atomic E-state index is 12.7. The number of aromatic nitrogens is 1. The molecule has 0 aliphatic rings. The third-order valence-corrected chi connectivity index (χ3v) is 4.96. The van der Waals surface area contributed by atoms with Crippen molar-refractivity contribution in [2.75, 3.05) is 13.1 Å². The summed E-state index contributed by atoms with van der Waals surface area (Å²) in [6.07, 6.45) is 1.33. The topological polar surface area (TPSA) is 50.3 Å². The van der Waals surface area contributed by atoms with E-state index in [1.165, 1.54) is 10.5 Å². The number of rotatable bonds is 6. The van der Waals surface area contributed by atoms with Crippen LogP contribution in [0, 0.1) is 18.8 Å². The summed E-state index contributed by atoms with van der Waals surface area (Å²) in [5, 5.41) is 0.336. The van der Waals surface area contributed by atoms with E-state index in [9.17, 15) is 8.42 Å². The van der Waals surface area contributed by atoms with Crippen LogP contribution in [0.1, 0.15) is 33.3 Å². The predicted octanol–water partition coefficient (Wildman–Crippen LogP) is 3.35. The highest BCUT2D eigenvalue weighted by molar-refractivity contribution is 7.89. The Morgan fingerprint density at radius 2 is 1.70 bits per heavy atom. The molecule has 1 heterocycles. The van der Waals surface area contributed by atoms with Crippen molar-refractivity contribution >= 4 is 21.6 Å². The lowest BCUT2D eigenvalue weighted by Gasteiger charge is -2.25. The van der Waals surface area contributed by atoms with E-state index >= 15 is 0 Å². The van der Waals surface area contributed by atoms with E-state index in [0.717, 1.165) is 0 Å². The molecule has 0 radical (unpaired) electrons. The highest BCUT2D eigenvalue weighted by Gasteiger charge is 2.26. The summed E-state index contributed by atoms with van der Waals surface area (Å²) >= 11 is 5.86. The van der Waals surface area contributed by atoms with Crippen LogP contribution in [0.25, 0.3) is 0 Å². The van der Waals surface area contributed by atoms with Gasteiger partial charge in [0.15, 0.2) is 0 Å². The lowest BCUT2D eigenvalue weighted by Crippen LogP contribution is -2.37. The van der Waals surface area contributed by atoms with Crippen LogP contribution in [0.15, 0.2) is 17.2 Å². The highest BCUT2D eigenvalue weighted by atomic mass is 35.5. The SMILES string of the molecule is Cc1cc(S(=O)(=O)N(CC(C)C)CC(C)C)cnc1Cl. The van der Waals surface area contributed by atoms with Gasteiger partial charge in [0.05, 0.1) is 0 Å². The number of nitrogens with zero attached hydrogens (tertiary/aromatic N) is 2. The molecule has 0 atom stereocenters. The lowest BCUT2D eigenvalue weighted by atomic mass is 10.2. The molecule has 0 fully saturated rings. The Hall–Kier alpha value is -0.650. The number of halogens is 1. The fourth-order valence-electron chi connectivity index (χ4n) is 1.91. The Morgan fingerprint density at radius 3 is 2.10 bits per heavy atom. The van der Waals surface area contributed by atoms with E-state index in [1.807, 2.05) is 27.7 Å². The molecule has 0 bridgehead atoms. The lowest BCUT2D eigenvalue weighted by molar-refractivity contribution is 0.333. The predicted molar refractivity (Wildman–Crippen MR) is 82.4 cm³/mol. The maximum Gasteiger partial charge on any atom is 0.244 e. The molecular formula is C14H23ClN2O2S. The summed E-state index contributed by atoms with van der Waals surface area (Å²) < 4.78 is 27.0. The Bertz CT molecular complexity index is 546. The Kier molecular flexibility index (Phi) is 5.98. The van der Waals surface area contributed by atoms with Gasteiger partial charge in [-0.25, -0.2) is 13.4 Å². The van der Waals surface area contributed by atoms with E-state index in [0.29, 0.717) is 23.8 Å². The molecule has 0 spiro atoms. The Labute approximate surface area is 127 Å². The summed E-state index contributed by atoms with van der Waals surface area (Å²) in [5.74, 6) is 0.537. The monoisotopic (exact) mass is 318 g/mol. The molecule has 1 aromatic rings. The van der Waals surface area contributed by atoms with Gasteiger partial charge in [-0.05, 0) is 30.4 Å². The average molecular weight is 319 g/mol. The van der Waals surface area contributed by atoms with Crippen LogP contribution in [0.4, 0.5) is 0 Å². The van der Waals surface area contributed by atoms with Gasteiger partial charge in [-0.15, -0.1) is 0 Å². The molecule has 0 N–H and O–H groups in total. The van der Waals surface area contributed by atoms with Gasteiger partial charge in [-0.1, -0.05) is 39.3 Å². The fraction of sp³-hybridized carbons (Fsp3) is 0.643. The van der Waals surface area contributed by atoms with Crippen LogP contribution < -0.4 is 0 Å². The molecule has 0 aliphatic heterocycles. The van der Waals surface area contributed by atoms with Crippen molar-refractivity contribution in [3.05, 3.63) is 23.0 Å². The first-order valence-corrected chi connectivity index (χ1v) is 8.58. The summed E-state index contributed by atoms with van der Waals surface area (Å²) in [6, 6.07) is 1.58. The molecule has 1 aromatic heterocycles. The van der Waals surface area contributed by atoms with Gasteiger partial charge < -0.3 is 0 Å². The first-order valence-electron chi connectivity index (χ1n) is 6.77. The van der Waals surface area contributed by atoms with Crippen molar-refractivity contribution in [1.82, 2.24) is 9.29 Å². The fourth-order valence-corrected chi connectivity index (χ4v) is 3.81. The van der Waals surface area contributed by atoms with E-state index in [4.69, 9.17) is 11.6 Å². The molecular weight excluding hydrogens is 296 g/mol. The van der Waals surface area contributed by atoms with Crippen LogP contribution in [0.3, 0.4) is 0 Å². The molecule has 0 amide bonds. The second kappa shape index (κ2) is 6.87.